The molecule has 1 N–H and O–H groups in total. The molecule has 0 saturated carbocycles. The van der Waals surface area contributed by atoms with Gasteiger partial charge in [-0.2, -0.15) is 0 Å². The number of benzene rings is 2. The zero-order valence-electron chi connectivity index (χ0n) is 13.8. The van der Waals surface area contributed by atoms with Crippen LogP contribution in [0, 0.1) is 24.0 Å². The summed E-state index contributed by atoms with van der Waals surface area (Å²) in [4.78, 5) is 21.3. The van der Waals surface area contributed by atoms with Crippen molar-refractivity contribution < 1.29 is 23.2 Å². The lowest BCUT2D eigenvalue weighted by Crippen LogP contribution is -2.36. The molecule has 10 heteroatoms. The molecule has 0 bridgehead atoms. The molecule has 0 aliphatic carbocycles. The number of carboxylic acid groups (broad SMARTS) is 1. The maximum atomic E-state index is 13.0. The average Bonchev–Trinajstić information content (AvgIpc) is 2.54. The highest BCUT2D eigenvalue weighted by molar-refractivity contribution is 7.92. The standard InChI is InChI=1S/C16H15ClN2O6S/c1-10-3-5-12(17)7-14(10)18(9-16(20)21)26(24,25)13-6-4-11(2)15(8-13)19(22)23/h3-8H,9H2,1-2H3,(H,20,21). The molecule has 0 unspecified atom stereocenters. The van der Waals surface area contributed by atoms with Gasteiger partial charge in [-0.25, -0.2) is 8.42 Å². The number of nitrogens with zero attached hydrogens (tertiary/aromatic N) is 2. The van der Waals surface area contributed by atoms with Crippen molar-refractivity contribution in [3.8, 4) is 0 Å². The second-order valence-corrected chi connectivity index (χ2v) is 7.84. The minimum atomic E-state index is -4.37. The Balaban J connectivity index is 2.67. The fourth-order valence-corrected chi connectivity index (χ4v) is 4.00. The minimum Gasteiger partial charge on any atom is -0.480 e. The van der Waals surface area contributed by atoms with Crippen LogP contribution in [0.1, 0.15) is 11.1 Å². The summed E-state index contributed by atoms with van der Waals surface area (Å²) in [6, 6.07) is 7.85. The summed E-state index contributed by atoms with van der Waals surface area (Å²) < 4.78 is 26.7. The summed E-state index contributed by atoms with van der Waals surface area (Å²) in [5.74, 6) is -1.38. The molecule has 0 heterocycles. The highest BCUT2D eigenvalue weighted by Crippen LogP contribution is 2.31. The topological polar surface area (TPSA) is 118 Å². The van der Waals surface area contributed by atoms with Gasteiger partial charge in [0.15, 0.2) is 0 Å². The van der Waals surface area contributed by atoms with Crippen LogP contribution in [0.2, 0.25) is 5.02 Å². The van der Waals surface area contributed by atoms with E-state index in [9.17, 15) is 23.3 Å². The van der Waals surface area contributed by atoms with Gasteiger partial charge < -0.3 is 5.11 Å². The minimum absolute atomic E-state index is 0.0862. The lowest BCUT2D eigenvalue weighted by molar-refractivity contribution is -0.385. The molecular formula is C16H15ClN2O6S. The van der Waals surface area contributed by atoms with Gasteiger partial charge in [0.25, 0.3) is 15.7 Å². The van der Waals surface area contributed by atoms with Crippen molar-refractivity contribution in [2.24, 2.45) is 0 Å². The maximum absolute atomic E-state index is 13.0. The van der Waals surface area contributed by atoms with Crippen LogP contribution in [0.3, 0.4) is 0 Å². The molecule has 0 saturated heterocycles. The first-order valence-corrected chi connectivity index (χ1v) is 9.11. The Morgan fingerprint density at radius 1 is 1.19 bits per heavy atom. The van der Waals surface area contributed by atoms with Gasteiger partial charge in [-0.05, 0) is 37.6 Å². The van der Waals surface area contributed by atoms with Crippen molar-refractivity contribution in [1.29, 1.82) is 0 Å². The quantitative estimate of drug-likeness (QED) is 0.589. The molecule has 0 aliphatic heterocycles. The van der Waals surface area contributed by atoms with Gasteiger partial charge in [-0.3, -0.25) is 19.2 Å². The number of hydrogen-bond acceptors (Lipinski definition) is 5. The summed E-state index contributed by atoms with van der Waals surface area (Å²) in [7, 11) is -4.37. The number of nitro benzene ring substituents is 1. The van der Waals surface area contributed by atoms with Crippen LogP contribution in [0.25, 0.3) is 0 Å². The second-order valence-electron chi connectivity index (χ2n) is 5.54. The molecule has 2 rings (SSSR count). The van der Waals surface area contributed by atoms with Crippen LogP contribution in [0.4, 0.5) is 11.4 Å². The second kappa shape index (κ2) is 7.30. The third-order valence-electron chi connectivity index (χ3n) is 3.68. The Morgan fingerprint density at radius 2 is 1.81 bits per heavy atom. The molecule has 0 amide bonds. The van der Waals surface area contributed by atoms with E-state index in [0.717, 1.165) is 6.07 Å². The first-order valence-electron chi connectivity index (χ1n) is 7.29. The Morgan fingerprint density at radius 3 is 2.38 bits per heavy atom. The number of hydrogen-bond donors (Lipinski definition) is 1. The van der Waals surface area contributed by atoms with Crippen LogP contribution < -0.4 is 4.31 Å². The first kappa shape index (κ1) is 19.7. The number of halogens is 1. The van der Waals surface area contributed by atoms with Crippen LogP contribution in [-0.4, -0.2) is 31.0 Å². The van der Waals surface area contributed by atoms with E-state index in [0.29, 0.717) is 9.87 Å². The van der Waals surface area contributed by atoms with Crippen molar-refractivity contribution in [3.05, 3.63) is 62.7 Å². The maximum Gasteiger partial charge on any atom is 0.324 e. The molecule has 0 aliphatic rings. The number of sulfonamides is 1. The first-order chi connectivity index (χ1) is 12.0. The summed E-state index contributed by atoms with van der Waals surface area (Å²) in [5, 5.41) is 20.5. The van der Waals surface area contributed by atoms with Crippen molar-refractivity contribution >= 4 is 39.0 Å². The number of rotatable bonds is 6. The van der Waals surface area contributed by atoms with E-state index in [4.69, 9.17) is 16.7 Å². The molecule has 138 valence electrons. The molecular weight excluding hydrogens is 384 g/mol. The third kappa shape index (κ3) is 3.94. The number of aryl methyl sites for hydroxylation is 2. The van der Waals surface area contributed by atoms with Gasteiger partial charge in [0, 0.05) is 16.7 Å². The molecule has 0 aromatic heterocycles. The van der Waals surface area contributed by atoms with Crippen molar-refractivity contribution in [3.63, 3.8) is 0 Å². The molecule has 2 aromatic rings. The van der Waals surface area contributed by atoms with Crippen LogP contribution in [0.5, 0.6) is 0 Å². The summed E-state index contributed by atoms with van der Waals surface area (Å²) in [6.45, 7) is 2.23. The van der Waals surface area contributed by atoms with E-state index in [2.05, 4.69) is 0 Å². The molecule has 0 spiro atoms. The van der Waals surface area contributed by atoms with Crippen molar-refractivity contribution in [2.75, 3.05) is 10.8 Å². The van der Waals surface area contributed by atoms with Gasteiger partial charge in [0.2, 0.25) is 0 Å². The van der Waals surface area contributed by atoms with E-state index < -0.39 is 27.5 Å². The SMILES string of the molecule is Cc1ccc(Cl)cc1N(CC(=O)O)S(=O)(=O)c1ccc(C)c([N+](=O)[O-])c1. The lowest BCUT2D eigenvalue weighted by atomic mass is 10.2. The van der Waals surface area contributed by atoms with E-state index in [1.807, 2.05) is 0 Å². The largest absolute Gasteiger partial charge is 0.480 e. The highest BCUT2D eigenvalue weighted by atomic mass is 35.5. The molecule has 26 heavy (non-hydrogen) atoms. The Hall–Kier alpha value is -2.65. The normalized spacial score (nSPS) is 11.2. The zero-order chi connectivity index (χ0) is 19.6. The molecule has 0 atom stereocenters. The molecule has 2 aromatic carbocycles. The van der Waals surface area contributed by atoms with Crippen LogP contribution in [-0.2, 0) is 14.8 Å². The van der Waals surface area contributed by atoms with Crippen LogP contribution >= 0.6 is 11.6 Å². The smallest absolute Gasteiger partial charge is 0.324 e. The number of carboxylic acids is 1. The third-order valence-corrected chi connectivity index (χ3v) is 5.67. The Kier molecular flexibility index (Phi) is 5.53. The number of aliphatic carboxylic acids is 1. The van der Waals surface area contributed by atoms with Gasteiger partial charge in [-0.1, -0.05) is 23.7 Å². The Bertz CT molecular complexity index is 990. The van der Waals surface area contributed by atoms with E-state index >= 15 is 0 Å². The van der Waals surface area contributed by atoms with E-state index in [1.54, 1.807) is 19.1 Å². The summed E-state index contributed by atoms with van der Waals surface area (Å²) in [5.41, 5.74) is 0.491. The van der Waals surface area contributed by atoms with E-state index in [-0.39, 0.29) is 26.9 Å². The van der Waals surface area contributed by atoms with Gasteiger partial charge in [-0.15, -0.1) is 0 Å². The van der Waals surface area contributed by atoms with Crippen LogP contribution in [0.15, 0.2) is 41.3 Å². The molecule has 8 nitrogen and oxygen atoms in total. The zero-order valence-corrected chi connectivity index (χ0v) is 15.4. The van der Waals surface area contributed by atoms with Crippen molar-refractivity contribution in [2.45, 2.75) is 18.7 Å². The number of anilines is 1. The predicted octanol–water partition coefficient (Wildman–Crippen LogP) is 3.14. The monoisotopic (exact) mass is 398 g/mol. The fraction of sp³-hybridized carbons (Fsp3) is 0.188. The number of carbonyl (C=O) groups is 1. The molecule has 0 fully saturated rings. The average molecular weight is 399 g/mol. The summed E-state index contributed by atoms with van der Waals surface area (Å²) in [6.07, 6.45) is 0. The molecule has 0 radical (unpaired) electrons. The van der Waals surface area contributed by atoms with E-state index in [1.165, 1.54) is 25.1 Å². The van der Waals surface area contributed by atoms with Gasteiger partial charge in [0.1, 0.15) is 6.54 Å². The van der Waals surface area contributed by atoms with Gasteiger partial charge in [0.05, 0.1) is 15.5 Å². The lowest BCUT2D eigenvalue weighted by Gasteiger charge is -2.24. The number of nitro groups is 1. The van der Waals surface area contributed by atoms with Gasteiger partial charge >= 0.3 is 5.97 Å². The van der Waals surface area contributed by atoms with Crippen molar-refractivity contribution in [1.82, 2.24) is 0 Å². The highest BCUT2D eigenvalue weighted by Gasteiger charge is 2.30. The summed E-state index contributed by atoms with van der Waals surface area (Å²) >= 11 is 5.92. The Labute approximate surface area is 154 Å². The predicted molar refractivity (Wildman–Crippen MR) is 96.2 cm³/mol. The fourth-order valence-electron chi connectivity index (χ4n) is 2.35.